The van der Waals surface area contributed by atoms with E-state index < -0.39 is 17.7 Å². The first-order chi connectivity index (χ1) is 15.3. The number of nitrogens with zero attached hydrogens (tertiary/aromatic N) is 1. The summed E-state index contributed by atoms with van der Waals surface area (Å²) in [6.45, 7) is 9.05. The molecule has 172 valence electrons. The van der Waals surface area contributed by atoms with E-state index in [-0.39, 0.29) is 17.4 Å². The zero-order valence-electron chi connectivity index (χ0n) is 19.1. The molecule has 1 aromatic heterocycles. The van der Waals surface area contributed by atoms with Gasteiger partial charge in [0.2, 0.25) is 0 Å². The monoisotopic (exact) mass is 441 g/mol. The Balaban J connectivity index is 1.94. The molecule has 1 aromatic carbocycles. The number of rotatable bonds is 10. The highest BCUT2D eigenvalue weighted by Crippen LogP contribution is 2.40. The Morgan fingerprint density at radius 3 is 2.44 bits per heavy atom. The molecule has 1 aliphatic rings. The van der Waals surface area contributed by atoms with Crippen LogP contribution in [0.4, 0.5) is 0 Å². The Morgan fingerprint density at radius 1 is 1.12 bits per heavy atom. The molecule has 2 aromatic rings. The lowest BCUT2D eigenvalue weighted by atomic mass is 9.99. The molecule has 7 heteroatoms. The Hall–Kier alpha value is -3.06. The van der Waals surface area contributed by atoms with Crippen LogP contribution in [0.15, 0.2) is 46.4 Å². The van der Waals surface area contributed by atoms with E-state index in [0.29, 0.717) is 49.0 Å². The summed E-state index contributed by atoms with van der Waals surface area (Å²) in [5.74, 6) is 0.162. The van der Waals surface area contributed by atoms with E-state index in [9.17, 15) is 14.7 Å². The molecule has 1 unspecified atom stereocenters. The number of Topliss-reactive ketones (excluding diaryl/α,β-unsaturated/α-hetero) is 1. The molecule has 0 saturated carbocycles. The van der Waals surface area contributed by atoms with E-state index in [0.717, 1.165) is 6.42 Å². The Labute approximate surface area is 188 Å². The standard InChI is InChI=1S/C25H31NO6/c1-5-14-31-19-10-8-18(9-11-19)23(27)21-22(20-12-7-17(4)32-20)26(25(29)24(21)28)13-6-15-30-16(2)3/h7-12,16,22,27H,5-6,13-15H2,1-4H3/b23-21-. The molecule has 1 saturated heterocycles. The maximum atomic E-state index is 13.0. The quantitative estimate of drug-likeness (QED) is 0.251. The predicted molar refractivity (Wildman–Crippen MR) is 120 cm³/mol. The molecule has 2 heterocycles. The third-order valence-electron chi connectivity index (χ3n) is 5.17. The summed E-state index contributed by atoms with van der Waals surface area (Å²) in [6.07, 6.45) is 1.53. The molecule has 0 bridgehead atoms. The Kier molecular flexibility index (Phi) is 7.75. The molecule has 1 aliphatic heterocycles. The maximum absolute atomic E-state index is 13.0. The number of carbonyl (C=O) groups excluding carboxylic acids is 2. The highest BCUT2D eigenvalue weighted by Gasteiger charge is 2.47. The van der Waals surface area contributed by atoms with Gasteiger partial charge in [0.05, 0.1) is 18.3 Å². The summed E-state index contributed by atoms with van der Waals surface area (Å²) in [6, 6.07) is 9.53. The summed E-state index contributed by atoms with van der Waals surface area (Å²) in [7, 11) is 0. The lowest BCUT2D eigenvalue weighted by molar-refractivity contribution is -0.140. The fraction of sp³-hybridized carbons (Fsp3) is 0.440. The first kappa shape index (κ1) is 23.6. The number of likely N-dealkylation sites (tertiary alicyclic amines) is 1. The van der Waals surface area contributed by atoms with E-state index >= 15 is 0 Å². The number of furan rings is 1. The van der Waals surface area contributed by atoms with Crippen LogP contribution in [0.3, 0.4) is 0 Å². The summed E-state index contributed by atoms with van der Waals surface area (Å²) in [5.41, 5.74) is 0.458. The predicted octanol–water partition coefficient (Wildman–Crippen LogP) is 4.61. The van der Waals surface area contributed by atoms with Gasteiger partial charge in [-0.25, -0.2) is 0 Å². The molecule has 1 atom stereocenters. The van der Waals surface area contributed by atoms with Gasteiger partial charge < -0.3 is 23.9 Å². The number of carbonyl (C=O) groups is 2. The topological polar surface area (TPSA) is 89.2 Å². The van der Waals surface area contributed by atoms with Gasteiger partial charge in [0.25, 0.3) is 11.7 Å². The van der Waals surface area contributed by atoms with Gasteiger partial charge in [-0.15, -0.1) is 0 Å². The molecule has 3 rings (SSSR count). The van der Waals surface area contributed by atoms with Crippen LogP contribution in [0, 0.1) is 6.92 Å². The number of ether oxygens (including phenoxy) is 2. The lowest BCUT2D eigenvalue weighted by Gasteiger charge is -2.23. The number of aliphatic hydroxyl groups excluding tert-OH is 1. The van der Waals surface area contributed by atoms with Crippen LogP contribution in [0.25, 0.3) is 5.76 Å². The Bertz CT molecular complexity index is 973. The first-order valence-corrected chi connectivity index (χ1v) is 11.0. The normalized spacial score (nSPS) is 18.0. The number of benzene rings is 1. The number of aliphatic hydroxyl groups is 1. The van der Waals surface area contributed by atoms with E-state index in [2.05, 4.69) is 0 Å². The zero-order valence-corrected chi connectivity index (χ0v) is 19.1. The van der Waals surface area contributed by atoms with Crippen molar-refractivity contribution in [2.24, 2.45) is 0 Å². The summed E-state index contributed by atoms with van der Waals surface area (Å²) < 4.78 is 16.9. The van der Waals surface area contributed by atoms with E-state index in [1.807, 2.05) is 20.8 Å². The molecule has 7 nitrogen and oxygen atoms in total. The molecular weight excluding hydrogens is 410 g/mol. The Morgan fingerprint density at radius 2 is 1.84 bits per heavy atom. The van der Waals surface area contributed by atoms with Gasteiger partial charge in [0.1, 0.15) is 29.1 Å². The van der Waals surface area contributed by atoms with E-state index in [1.54, 1.807) is 43.3 Å². The van der Waals surface area contributed by atoms with Gasteiger partial charge in [-0.3, -0.25) is 9.59 Å². The highest BCUT2D eigenvalue weighted by molar-refractivity contribution is 6.46. The number of ketones is 1. The van der Waals surface area contributed by atoms with Crippen LogP contribution in [-0.4, -0.2) is 47.6 Å². The minimum atomic E-state index is -0.793. The average Bonchev–Trinajstić information content (AvgIpc) is 3.30. The van der Waals surface area contributed by atoms with Crippen molar-refractivity contribution in [2.45, 2.75) is 52.7 Å². The summed E-state index contributed by atoms with van der Waals surface area (Å²) in [4.78, 5) is 27.3. The van der Waals surface area contributed by atoms with Gasteiger partial charge >= 0.3 is 0 Å². The van der Waals surface area contributed by atoms with Crippen LogP contribution < -0.4 is 4.74 Å². The zero-order chi connectivity index (χ0) is 23.3. The van der Waals surface area contributed by atoms with Crippen molar-refractivity contribution in [2.75, 3.05) is 19.8 Å². The molecule has 1 amide bonds. The van der Waals surface area contributed by atoms with Crippen molar-refractivity contribution < 1.29 is 28.6 Å². The van der Waals surface area contributed by atoms with E-state index in [1.165, 1.54) is 4.90 Å². The van der Waals surface area contributed by atoms with Crippen molar-refractivity contribution in [3.8, 4) is 5.75 Å². The largest absolute Gasteiger partial charge is 0.507 e. The van der Waals surface area contributed by atoms with Crippen molar-refractivity contribution >= 4 is 17.4 Å². The fourth-order valence-corrected chi connectivity index (χ4v) is 3.65. The van der Waals surface area contributed by atoms with Crippen LogP contribution in [0.2, 0.25) is 0 Å². The molecule has 1 N–H and O–H groups in total. The third kappa shape index (κ3) is 5.22. The third-order valence-corrected chi connectivity index (χ3v) is 5.17. The molecule has 0 radical (unpaired) electrons. The fourth-order valence-electron chi connectivity index (χ4n) is 3.65. The summed E-state index contributed by atoms with van der Waals surface area (Å²) >= 11 is 0. The van der Waals surface area contributed by atoms with Gasteiger partial charge in [-0.05, 0) is 70.0 Å². The SMILES string of the molecule is CCCOc1ccc(/C(O)=C2/C(=O)C(=O)N(CCCOC(C)C)C2c2ccc(C)o2)cc1. The number of hydrogen-bond donors (Lipinski definition) is 1. The second kappa shape index (κ2) is 10.5. The van der Waals surface area contributed by atoms with Gasteiger partial charge in [-0.2, -0.15) is 0 Å². The van der Waals surface area contributed by atoms with Crippen molar-refractivity contribution in [3.05, 3.63) is 59.1 Å². The number of amides is 1. The van der Waals surface area contributed by atoms with Crippen LogP contribution in [-0.2, 0) is 14.3 Å². The molecule has 0 aliphatic carbocycles. The second-order valence-corrected chi connectivity index (χ2v) is 8.09. The number of aryl methyl sites for hydroxylation is 1. The molecule has 0 spiro atoms. The molecule has 32 heavy (non-hydrogen) atoms. The van der Waals surface area contributed by atoms with Crippen molar-refractivity contribution in [1.82, 2.24) is 4.90 Å². The van der Waals surface area contributed by atoms with Crippen LogP contribution in [0.1, 0.15) is 56.7 Å². The van der Waals surface area contributed by atoms with Gasteiger partial charge in [0, 0.05) is 18.7 Å². The number of hydrogen-bond acceptors (Lipinski definition) is 6. The van der Waals surface area contributed by atoms with Gasteiger partial charge in [-0.1, -0.05) is 6.92 Å². The first-order valence-electron chi connectivity index (χ1n) is 11.0. The van der Waals surface area contributed by atoms with Crippen LogP contribution >= 0.6 is 0 Å². The van der Waals surface area contributed by atoms with E-state index in [4.69, 9.17) is 13.9 Å². The summed E-state index contributed by atoms with van der Waals surface area (Å²) in [5, 5.41) is 11.0. The van der Waals surface area contributed by atoms with Crippen LogP contribution in [0.5, 0.6) is 5.75 Å². The van der Waals surface area contributed by atoms with Crippen molar-refractivity contribution in [3.63, 3.8) is 0 Å². The molecule has 1 fully saturated rings. The van der Waals surface area contributed by atoms with Crippen molar-refractivity contribution in [1.29, 1.82) is 0 Å². The average molecular weight is 442 g/mol. The molecular formula is C25H31NO6. The minimum absolute atomic E-state index is 0.0244. The highest BCUT2D eigenvalue weighted by atomic mass is 16.5. The minimum Gasteiger partial charge on any atom is -0.507 e. The lowest BCUT2D eigenvalue weighted by Crippen LogP contribution is -2.31. The second-order valence-electron chi connectivity index (χ2n) is 8.09. The van der Waals surface area contributed by atoms with Gasteiger partial charge in [0.15, 0.2) is 0 Å². The smallest absolute Gasteiger partial charge is 0.295 e. The maximum Gasteiger partial charge on any atom is 0.295 e.